The highest BCUT2D eigenvalue weighted by Gasteiger charge is 2.14. The lowest BCUT2D eigenvalue weighted by atomic mass is 10.1. The average molecular weight is 271 g/mol. The van der Waals surface area contributed by atoms with Gasteiger partial charge in [0, 0.05) is 12.1 Å². The van der Waals surface area contributed by atoms with E-state index in [4.69, 9.17) is 5.26 Å². The van der Waals surface area contributed by atoms with Gasteiger partial charge in [-0.15, -0.1) is 0 Å². The van der Waals surface area contributed by atoms with Crippen LogP contribution in [0.25, 0.3) is 0 Å². The summed E-state index contributed by atoms with van der Waals surface area (Å²) < 4.78 is 0.654. The summed E-state index contributed by atoms with van der Waals surface area (Å²) in [6, 6.07) is 3.51. The molecule has 80 valence electrons. The lowest BCUT2D eigenvalue weighted by molar-refractivity contribution is 0.0931. The number of H-pyrrole nitrogens is 1. The van der Waals surface area contributed by atoms with Gasteiger partial charge in [-0.2, -0.15) is 10.4 Å². The van der Waals surface area contributed by atoms with Crippen molar-refractivity contribution in [2.75, 3.05) is 0 Å². The molecule has 1 amide bonds. The molecule has 0 radical (unpaired) electrons. The van der Waals surface area contributed by atoms with Gasteiger partial charge in [-0.1, -0.05) is 6.92 Å². The quantitative estimate of drug-likeness (QED) is 0.872. The number of nitriles is 1. The molecule has 0 aliphatic carbocycles. The monoisotopic (exact) mass is 270 g/mol. The molecule has 2 N–H and O–H groups in total. The van der Waals surface area contributed by atoms with Gasteiger partial charge in [0.05, 0.1) is 12.5 Å². The Morgan fingerprint density at radius 1 is 1.87 bits per heavy atom. The Morgan fingerprint density at radius 3 is 3.07 bits per heavy atom. The lowest BCUT2D eigenvalue weighted by Crippen LogP contribution is -2.34. The summed E-state index contributed by atoms with van der Waals surface area (Å²) in [6.07, 6.45) is 1.04. The van der Waals surface area contributed by atoms with Crippen LogP contribution in [0.1, 0.15) is 30.3 Å². The van der Waals surface area contributed by atoms with Crippen molar-refractivity contribution in [2.24, 2.45) is 0 Å². The molecule has 1 aromatic heterocycles. The predicted molar refractivity (Wildman–Crippen MR) is 58.1 cm³/mol. The molecule has 0 fully saturated rings. The van der Waals surface area contributed by atoms with Crippen LogP contribution >= 0.6 is 15.9 Å². The van der Waals surface area contributed by atoms with Crippen LogP contribution in [0.4, 0.5) is 0 Å². The van der Waals surface area contributed by atoms with E-state index in [1.54, 1.807) is 6.07 Å². The lowest BCUT2D eigenvalue weighted by Gasteiger charge is -2.11. The zero-order chi connectivity index (χ0) is 11.3. The first-order valence-electron chi connectivity index (χ1n) is 4.56. The summed E-state index contributed by atoms with van der Waals surface area (Å²) in [7, 11) is 0. The van der Waals surface area contributed by atoms with E-state index in [9.17, 15) is 4.79 Å². The number of halogens is 1. The van der Waals surface area contributed by atoms with Crippen molar-refractivity contribution in [3.63, 3.8) is 0 Å². The van der Waals surface area contributed by atoms with Crippen LogP contribution in [0.5, 0.6) is 0 Å². The van der Waals surface area contributed by atoms with Crippen LogP contribution in [0.3, 0.4) is 0 Å². The SMILES string of the molecule is CCC(CC#N)NC(=O)c1cc(Br)[nH]n1. The molecule has 1 aromatic rings. The van der Waals surface area contributed by atoms with Gasteiger partial charge in [-0.3, -0.25) is 9.89 Å². The van der Waals surface area contributed by atoms with Crippen molar-refractivity contribution in [3.05, 3.63) is 16.4 Å². The maximum absolute atomic E-state index is 11.6. The third-order valence-electron chi connectivity index (χ3n) is 1.94. The molecule has 0 bridgehead atoms. The second-order valence-electron chi connectivity index (χ2n) is 3.04. The Kier molecular flexibility index (Phi) is 4.31. The molecule has 0 saturated carbocycles. The van der Waals surface area contributed by atoms with Crippen molar-refractivity contribution in [1.29, 1.82) is 5.26 Å². The minimum atomic E-state index is -0.265. The standard InChI is InChI=1S/C9H11BrN4O/c1-2-6(3-4-11)12-9(15)7-5-8(10)14-13-7/h5-6H,2-3H2,1H3,(H,12,15)(H,13,14). The number of carbonyl (C=O) groups is 1. The van der Waals surface area contributed by atoms with Crippen LogP contribution in [-0.4, -0.2) is 22.1 Å². The van der Waals surface area contributed by atoms with Crippen LogP contribution in [0.15, 0.2) is 10.7 Å². The molecule has 1 heterocycles. The Balaban J connectivity index is 2.59. The smallest absolute Gasteiger partial charge is 0.272 e. The van der Waals surface area contributed by atoms with Crippen LogP contribution < -0.4 is 5.32 Å². The maximum atomic E-state index is 11.6. The average Bonchev–Trinajstić information content (AvgIpc) is 2.64. The topological polar surface area (TPSA) is 81.6 Å². The zero-order valence-electron chi connectivity index (χ0n) is 8.25. The summed E-state index contributed by atoms with van der Waals surface area (Å²) in [4.78, 5) is 11.6. The molecule has 0 spiro atoms. The minimum Gasteiger partial charge on any atom is -0.347 e. The van der Waals surface area contributed by atoms with Gasteiger partial charge < -0.3 is 5.32 Å². The molecule has 1 unspecified atom stereocenters. The van der Waals surface area contributed by atoms with E-state index >= 15 is 0 Å². The molecular weight excluding hydrogens is 260 g/mol. The molecule has 1 rings (SSSR count). The van der Waals surface area contributed by atoms with E-state index in [2.05, 4.69) is 31.4 Å². The number of hydrogen-bond acceptors (Lipinski definition) is 3. The summed E-state index contributed by atoms with van der Waals surface area (Å²) in [6.45, 7) is 1.92. The van der Waals surface area contributed by atoms with Crippen LogP contribution in [0, 0.1) is 11.3 Å². The molecule has 0 saturated heterocycles. The third kappa shape index (κ3) is 3.36. The zero-order valence-corrected chi connectivity index (χ0v) is 9.84. The Bertz CT molecular complexity index is 382. The van der Waals surface area contributed by atoms with Gasteiger partial charge in [-0.05, 0) is 22.4 Å². The molecular formula is C9H11BrN4O. The van der Waals surface area contributed by atoms with Crippen molar-refractivity contribution < 1.29 is 4.79 Å². The maximum Gasteiger partial charge on any atom is 0.272 e. The number of hydrogen-bond donors (Lipinski definition) is 2. The number of nitrogens with zero attached hydrogens (tertiary/aromatic N) is 2. The fraction of sp³-hybridized carbons (Fsp3) is 0.444. The Hall–Kier alpha value is -1.35. The fourth-order valence-corrected chi connectivity index (χ4v) is 1.39. The first-order chi connectivity index (χ1) is 7.17. The third-order valence-corrected chi connectivity index (χ3v) is 2.35. The number of amides is 1. The summed E-state index contributed by atoms with van der Waals surface area (Å²) in [5.41, 5.74) is 0.318. The number of nitrogens with one attached hydrogen (secondary N) is 2. The second-order valence-corrected chi connectivity index (χ2v) is 3.90. The van der Waals surface area contributed by atoms with E-state index in [0.29, 0.717) is 16.7 Å². The molecule has 15 heavy (non-hydrogen) atoms. The van der Waals surface area contributed by atoms with E-state index < -0.39 is 0 Å². The summed E-state index contributed by atoms with van der Waals surface area (Å²) in [5.74, 6) is -0.265. The normalized spacial score (nSPS) is 11.8. The van der Waals surface area contributed by atoms with Gasteiger partial charge in [0.2, 0.25) is 0 Å². The minimum absolute atomic E-state index is 0.113. The van der Waals surface area contributed by atoms with Gasteiger partial charge in [0.15, 0.2) is 5.69 Å². The molecule has 1 atom stereocenters. The number of rotatable bonds is 4. The summed E-state index contributed by atoms with van der Waals surface area (Å²) >= 11 is 3.16. The molecule has 0 aliphatic rings. The van der Waals surface area contributed by atoms with Gasteiger partial charge in [0.25, 0.3) is 5.91 Å². The van der Waals surface area contributed by atoms with Gasteiger partial charge >= 0.3 is 0 Å². The predicted octanol–water partition coefficient (Wildman–Crippen LogP) is 1.59. The number of aromatic nitrogens is 2. The highest BCUT2D eigenvalue weighted by atomic mass is 79.9. The van der Waals surface area contributed by atoms with E-state index in [0.717, 1.165) is 6.42 Å². The highest BCUT2D eigenvalue weighted by molar-refractivity contribution is 9.10. The Labute approximate surface area is 96.0 Å². The van der Waals surface area contributed by atoms with Crippen molar-refractivity contribution in [1.82, 2.24) is 15.5 Å². The first kappa shape index (κ1) is 11.7. The van der Waals surface area contributed by atoms with E-state index in [-0.39, 0.29) is 11.9 Å². The highest BCUT2D eigenvalue weighted by Crippen LogP contribution is 2.07. The van der Waals surface area contributed by atoms with Crippen molar-refractivity contribution >= 4 is 21.8 Å². The first-order valence-corrected chi connectivity index (χ1v) is 5.35. The van der Waals surface area contributed by atoms with Gasteiger partial charge in [0.1, 0.15) is 4.60 Å². The van der Waals surface area contributed by atoms with Crippen molar-refractivity contribution in [3.8, 4) is 6.07 Å². The largest absolute Gasteiger partial charge is 0.347 e. The summed E-state index contributed by atoms with van der Waals surface area (Å²) in [5, 5.41) is 17.7. The second kappa shape index (κ2) is 5.51. The molecule has 6 heteroatoms. The van der Waals surface area contributed by atoms with E-state index in [1.807, 2.05) is 13.0 Å². The fourth-order valence-electron chi connectivity index (χ4n) is 1.08. The van der Waals surface area contributed by atoms with Crippen molar-refractivity contribution in [2.45, 2.75) is 25.8 Å². The Morgan fingerprint density at radius 2 is 2.60 bits per heavy atom. The van der Waals surface area contributed by atoms with E-state index in [1.165, 1.54) is 0 Å². The van der Waals surface area contributed by atoms with Crippen LogP contribution in [0.2, 0.25) is 0 Å². The molecule has 0 aliphatic heterocycles. The number of aromatic amines is 1. The number of carbonyl (C=O) groups excluding carboxylic acids is 1. The van der Waals surface area contributed by atoms with Crippen LogP contribution in [-0.2, 0) is 0 Å². The molecule has 5 nitrogen and oxygen atoms in total. The molecule has 0 aromatic carbocycles. The van der Waals surface area contributed by atoms with Gasteiger partial charge in [-0.25, -0.2) is 0 Å².